The molecule has 3 saturated heterocycles. The summed E-state index contributed by atoms with van der Waals surface area (Å²) >= 11 is 0. The Balaban J connectivity index is 1.40. The predicted molar refractivity (Wildman–Crippen MR) is 255 cm³/mol. The molecule has 19 heteroatoms. The van der Waals surface area contributed by atoms with Crippen LogP contribution < -0.4 is 16.0 Å². The van der Waals surface area contributed by atoms with E-state index in [0.29, 0.717) is 12.2 Å². The summed E-state index contributed by atoms with van der Waals surface area (Å²) in [4.78, 5) is 80.8. The molecule has 0 spiro atoms. The third-order valence-electron chi connectivity index (χ3n) is 13.7. The highest BCUT2D eigenvalue weighted by Crippen LogP contribution is 2.42. The molecule has 3 amide bonds. The van der Waals surface area contributed by atoms with Gasteiger partial charge in [0.15, 0.2) is 17.7 Å². The number of amides is 3. The van der Waals surface area contributed by atoms with Crippen molar-refractivity contribution in [3.63, 3.8) is 0 Å². The van der Waals surface area contributed by atoms with E-state index in [-0.39, 0.29) is 30.9 Å². The van der Waals surface area contributed by atoms with Gasteiger partial charge in [0.1, 0.15) is 41.6 Å². The van der Waals surface area contributed by atoms with Gasteiger partial charge in [-0.3, -0.25) is 14.9 Å². The highest BCUT2D eigenvalue weighted by atomic mass is 19.1. The Morgan fingerprint density at radius 3 is 2.29 bits per heavy atom. The van der Waals surface area contributed by atoms with E-state index in [0.717, 1.165) is 23.3 Å². The van der Waals surface area contributed by atoms with Crippen molar-refractivity contribution in [3.8, 4) is 11.4 Å². The van der Waals surface area contributed by atoms with Gasteiger partial charge in [0.05, 0.1) is 18.1 Å². The van der Waals surface area contributed by atoms with Crippen LogP contribution in [0.15, 0.2) is 73.1 Å². The molecule has 0 saturated carbocycles. The fourth-order valence-electron chi connectivity index (χ4n) is 10.0. The molecule has 3 aliphatic rings. The van der Waals surface area contributed by atoms with Crippen molar-refractivity contribution in [3.05, 3.63) is 84.4 Å². The SMILES string of the molecule is CC[C@H]1OC(=O)[C@H](C)[C@@H](OC(=O)Nc2ccc(F)cc2)[C@H](C)[C@@H](O[C@@H]2O[C@H](C)C[C@H](N(C)C)[C@H]2O)[C@](C)(OC(=O)NCC=Cc2ccc(-c3ncccn3)cc2)C[C@@H](C)C(=O)[C@H](C)[C@H]2NC(=O)O[C@@]21C. The Kier molecular flexibility index (Phi) is 17.4. The Bertz CT molecular complexity index is 2320. The first kappa shape index (κ1) is 53.3. The number of fused-ring (bicyclic) bond motifs is 1. The number of carbonyl (C=O) groups is 5. The first-order valence-corrected chi connectivity index (χ1v) is 23.8. The number of esters is 1. The number of carbonyl (C=O) groups excluding carboxylic acids is 5. The van der Waals surface area contributed by atoms with Crippen molar-refractivity contribution in [1.29, 1.82) is 0 Å². The van der Waals surface area contributed by atoms with E-state index in [1.807, 2.05) is 50.2 Å². The number of hydrogen-bond donors (Lipinski definition) is 4. The van der Waals surface area contributed by atoms with Gasteiger partial charge >= 0.3 is 24.2 Å². The zero-order valence-electron chi connectivity index (χ0n) is 41.4. The molecule has 3 aromatic rings. The number of aromatic nitrogens is 2. The van der Waals surface area contributed by atoms with E-state index in [9.17, 15) is 33.5 Å². The van der Waals surface area contributed by atoms with Gasteiger partial charge in [0.25, 0.3) is 0 Å². The number of alkyl carbamates (subject to hydrolysis) is 2. The Morgan fingerprint density at radius 2 is 1.64 bits per heavy atom. The Hall–Kier alpha value is -6.02. The number of rotatable bonds is 11. The zero-order chi connectivity index (χ0) is 51.1. The number of benzene rings is 2. The molecule has 0 bridgehead atoms. The van der Waals surface area contributed by atoms with E-state index in [1.54, 1.807) is 72.2 Å². The highest BCUT2D eigenvalue weighted by molar-refractivity contribution is 5.86. The van der Waals surface area contributed by atoms with Gasteiger partial charge in [-0.25, -0.2) is 28.7 Å². The molecule has 18 nitrogen and oxygen atoms in total. The van der Waals surface area contributed by atoms with E-state index in [1.165, 1.54) is 19.1 Å². The van der Waals surface area contributed by atoms with Gasteiger partial charge in [0, 0.05) is 54.0 Å². The number of halogens is 1. The summed E-state index contributed by atoms with van der Waals surface area (Å²) in [5, 5.41) is 20.0. The van der Waals surface area contributed by atoms with E-state index < -0.39 is 114 Å². The number of likely N-dealkylation sites (N-methyl/N-ethyl adjacent to an activating group) is 1. The van der Waals surface area contributed by atoms with Gasteiger partial charge in [-0.1, -0.05) is 64.1 Å². The maximum Gasteiger partial charge on any atom is 0.411 e. The lowest BCUT2D eigenvalue weighted by Crippen LogP contribution is -2.61. The molecule has 1 aromatic heterocycles. The van der Waals surface area contributed by atoms with Crippen LogP contribution in [0.1, 0.15) is 80.2 Å². The van der Waals surface area contributed by atoms with E-state index >= 15 is 0 Å². The molecule has 4 N–H and O–H groups in total. The monoisotopic (exact) mass is 974 g/mol. The van der Waals surface area contributed by atoms with Crippen LogP contribution >= 0.6 is 0 Å². The molecule has 3 aliphatic heterocycles. The molecular formula is C51H67FN6O12. The zero-order valence-corrected chi connectivity index (χ0v) is 41.4. The lowest BCUT2D eigenvalue weighted by molar-refractivity contribution is -0.298. The topological polar surface area (TPSA) is 226 Å². The second-order valence-electron chi connectivity index (χ2n) is 19.3. The van der Waals surface area contributed by atoms with Crippen molar-refractivity contribution in [2.45, 2.75) is 135 Å². The van der Waals surface area contributed by atoms with Crippen LogP contribution in [0.2, 0.25) is 0 Å². The number of nitrogens with one attached hydrogen (secondary N) is 3. The van der Waals surface area contributed by atoms with Crippen LogP contribution in [0, 0.1) is 29.5 Å². The molecule has 14 atom stereocenters. The fraction of sp³-hybridized carbons (Fsp3) is 0.549. The molecule has 2 aromatic carbocycles. The minimum absolute atomic E-state index is 0.00819. The summed E-state index contributed by atoms with van der Waals surface area (Å²) in [7, 11) is 3.62. The van der Waals surface area contributed by atoms with Crippen molar-refractivity contribution in [2.24, 2.45) is 23.7 Å². The standard InChI is InChI=1S/C51H67FN6O12/c1-11-38-51(8)42(57-49(64)70-51)30(4)39(59)28(2)27-50(7,69-47(62)55-23-12-14-33-15-17-34(18-16-33)44-53-24-13-25-54-44)43(68-46-40(60)37(58(9)10)26-29(3)65-46)31(5)41(32(6)45(61)66-38)67-48(63)56-36-21-19-35(52)20-22-36/h12-22,24-25,28-32,37-38,40-43,46,60H,11,23,26-27H2,1-10H3,(H,55,62)(H,56,63)(H,57,64)/t28-,29-,30+,31+,32-,37+,38-,40-,41+,42-,43-,46+,50-,51-/m1/s1. The van der Waals surface area contributed by atoms with E-state index in [2.05, 4.69) is 25.9 Å². The van der Waals surface area contributed by atoms with Crippen LogP contribution in [0.4, 0.5) is 24.5 Å². The number of hydrogen-bond acceptors (Lipinski definition) is 15. The van der Waals surface area contributed by atoms with Gasteiger partial charge in [-0.15, -0.1) is 0 Å². The predicted octanol–water partition coefficient (Wildman–Crippen LogP) is 6.92. The largest absolute Gasteiger partial charge is 0.458 e. The average molecular weight is 975 g/mol. The normalized spacial score (nSPS) is 33.0. The molecule has 0 radical (unpaired) electrons. The number of nitrogens with zero attached hydrogens (tertiary/aromatic N) is 3. The quantitative estimate of drug-likeness (QED) is 0.113. The molecule has 0 aliphatic carbocycles. The van der Waals surface area contributed by atoms with Crippen molar-refractivity contribution in [1.82, 2.24) is 25.5 Å². The lowest BCUT2D eigenvalue weighted by atomic mass is 9.73. The number of Topliss-reactive ketones (excluding diaryl/α,β-unsaturated/α-hetero) is 1. The first-order chi connectivity index (χ1) is 33.1. The van der Waals surface area contributed by atoms with Crippen LogP contribution in [-0.4, -0.2) is 131 Å². The molecular weight excluding hydrogens is 908 g/mol. The minimum Gasteiger partial charge on any atom is -0.458 e. The molecule has 3 fully saturated rings. The Labute approximate surface area is 408 Å². The number of ether oxygens (including phenoxy) is 6. The van der Waals surface area contributed by atoms with Gasteiger partial charge in [0.2, 0.25) is 0 Å². The average Bonchev–Trinajstić information content (AvgIpc) is 3.64. The van der Waals surface area contributed by atoms with E-state index in [4.69, 9.17) is 28.4 Å². The summed E-state index contributed by atoms with van der Waals surface area (Å²) in [6, 6.07) is 12.8. The van der Waals surface area contributed by atoms with Crippen molar-refractivity contribution in [2.75, 3.05) is 26.0 Å². The third-order valence-corrected chi connectivity index (χ3v) is 13.7. The van der Waals surface area contributed by atoms with Crippen LogP contribution in [-0.2, 0) is 38.0 Å². The molecule has 4 heterocycles. The highest BCUT2D eigenvalue weighted by Gasteiger charge is 2.58. The maximum absolute atomic E-state index is 14.7. The fourth-order valence-corrected chi connectivity index (χ4v) is 10.0. The number of aliphatic hydroxyl groups excluding tert-OH is 1. The summed E-state index contributed by atoms with van der Waals surface area (Å²) in [5.41, 5.74) is -1.50. The van der Waals surface area contributed by atoms with Crippen molar-refractivity contribution < 1.29 is 61.9 Å². The van der Waals surface area contributed by atoms with Crippen LogP contribution in [0.3, 0.4) is 0 Å². The summed E-state index contributed by atoms with van der Waals surface area (Å²) in [6.45, 7) is 13.2. The van der Waals surface area contributed by atoms with Gasteiger partial charge in [-0.05, 0) is 96.9 Å². The Morgan fingerprint density at radius 1 is 0.971 bits per heavy atom. The van der Waals surface area contributed by atoms with Crippen LogP contribution in [0.5, 0.6) is 0 Å². The lowest BCUT2D eigenvalue weighted by Gasteiger charge is -2.48. The van der Waals surface area contributed by atoms with Crippen LogP contribution in [0.25, 0.3) is 17.5 Å². The smallest absolute Gasteiger partial charge is 0.411 e. The second-order valence-corrected chi connectivity index (χ2v) is 19.3. The second kappa shape index (κ2) is 22.8. The molecule has 0 unspecified atom stereocenters. The molecule has 6 rings (SSSR count). The summed E-state index contributed by atoms with van der Waals surface area (Å²) in [6.07, 6.45) is -2.42. The molecule has 70 heavy (non-hydrogen) atoms. The van der Waals surface area contributed by atoms with Gasteiger partial charge in [-0.2, -0.15) is 0 Å². The van der Waals surface area contributed by atoms with Crippen molar-refractivity contribution >= 4 is 41.8 Å². The maximum atomic E-state index is 14.7. The minimum atomic E-state index is -1.83. The third kappa shape index (κ3) is 12.5. The summed E-state index contributed by atoms with van der Waals surface area (Å²) in [5.74, 6) is -5.38. The number of anilines is 1. The number of aliphatic hydroxyl groups is 1. The molecule has 380 valence electrons. The van der Waals surface area contributed by atoms with Gasteiger partial charge < -0.3 is 49.1 Å². The summed E-state index contributed by atoms with van der Waals surface area (Å²) < 4.78 is 51.6. The first-order valence-electron chi connectivity index (χ1n) is 23.8. The number of cyclic esters (lactones) is 1. The number of ketones is 1.